The van der Waals surface area contributed by atoms with E-state index in [4.69, 9.17) is 20.8 Å². The Morgan fingerprint density at radius 1 is 1.50 bits per heavy atom. The highest BCUT2D eigenvalue weighted by Gasteiger charge is 2.29. The second-order valence-electron chi connectivity index (χ2n) is 4.54. The second-order valence-corrected chi connectivity index (χ2v) is 4.54. The Balaban J connectivity index is 2.91. The highest BCUT2D eigenvalue weighted by atomic mass is 16.5. The van der Waals surface area contributed by atoms with E-state index in [0.29, 0.717) is 24.3 Å². The lowest BCUT2D eigenvalue weighted by Gasteiger charge is -2.31. The van der Waals surface area contributed by atoms with Crippen LogP contribution in [-0.2, 0) is 0 Å². The summed E-state index contributed by atoms with van der Waals surface area (Å²) in [6, 6.07) is 6.94. The third kappa shape index (κ3) is 3.54. The van der Waals surface area contributed by atoms with Gasteiger partial charge in [0.2, 0.25) is 0 Å². The molecule has 0 aliphatic carbocycles. The van der Waals surface area contributed by atoms with Crippen LogP contribution in [-0.4, -0.2) is 23.3 Å². The van der Waals surface area contributed by atoms with Crippen molar-refractivity contribution in [3.63, 3.8) is 0 Å². The van der Waals surface area contributed by atoms with Gasteiger partial charge in [0.1, 0.15) is 24.0 Å². The van der Waals surface area contributed by atoms with Crippen LogP contribution < -0.4 is 15.8 Å². The molecule has 0 aliphatic rings. The molecule has 6 nitrogen and oxygen atoms in total. The van der Waals surface area contributed by atoms with E-state index in [2.05, 4.69) is 5.32 Å². The summed E-state index contributed by atoms with van der Waals surface area (Å²) in [5.74, 6) is 0.367. The summed E-state index contributed by atoms with van der Waals surface area (Å²) >= 11 is 0. The molecule has 0 saturated carbocycles. The molecule has 0 unspecified atom stereocenters. The first-order valence-corrected chi connectivity index (χ1v) is 6.40. The van der Waals surface area contributed by atoms with Gasteiger partial charge in [-0.15, -0.1) is 0 Å². The summed E-state index contributed by atoms with van der Waals surface area (Å²) < 4.78 is 5.63. The molecular formula is C14H19N3O3. The Labute approximate surface area is 118 Å². The molecule has 0 atom stereocenters. The molecule has 0 aromatic heterocycles. The van der Waals surface area contributed by atoms with E-state index in [1.807, 2.05) is 19.9 Å². The van der Waals surface area contributed by atoms with Gasteiger partial charge in [0, 0.05) is 0 Å². The molecule has 1 aromatic rings. The van der Waals surface area contributed by atoms with Crippen molar-refractivity contribution in [2.75, 3.05) is 12.3 Å². The van der Waals surface area contributed by atoms with Gasteiger partial charge < -0.3 is 20.9 Å². The number of rotatable bonds is 6. The van der Waals surface area contributed by atoms with Gasteiger partial charge in [0.05, 0.1) is 11.2 Å². The van der Waals surface area contributed by atoms with Crippen molar-refractivity contribution in [1.29, 1.82) is 5.26 Å². The van der Waals surface area contributed by atoms with Crippen LogP contribution in [0.1, 0.15) is 32.3 Å². The molecule has 6 heteroatoms. The van der Waals surface area contributed by atoms with E-state index in [-0.39, 0.29) is 12.2 Å². The zero-order chi connectivity index (χ0) is 15.2. The maximum absolute atomic E-state index is 10.9. The van der Waals surface area contributed by atoms with Crippen LogP contribution in [0.2, 0.25) is 0 Å². The average molecular weight is 277 g/mol. The number of nitrogens with one attached hydrogen (secondary N) is 1. The van der Waals surface area contributed by atoms with Crippen molar-refractivity contribution >= 4 is 11.8 Å². The number of hydrogen-bond acceptors (Lipinski definition) is 4. The molecule has 20 heavy (non-hydrogen) atoms. The van der Waals surface area contributed by atoms with E-state index < -0.39 is 11.6 Å². The maximum atomic E-state index is 10.9. The monoisotopic (exact) mass is 277 g/mol. The first kappa shape index (κ1) is 15.6. The minimum absolute atomic E-state index is 0.143. The van der Waals surface area contributed by atoms with Gasteiger partial charge in [-0.05, 0) is 25.0 Å². The predicted octanol–water partition coefficient (Wildman–Crippen LogP) is 2.35. The average Bonchev–Trinajstić information content (AvgIpc) is 2.43. The molecule has 4 N–H and O–H groups in total. The largest absolute Gasteiger partial charge is 0.490 e. The van der Waals surface area contributed by atoms with Crippen LogP contribution in [0.5, 0.6) is 5.75 Å². The number of nitrogens with zero attached hydrogens (tertiary/aromatic N) is 1. The molecule has 0 heterocycles. The third-order valence-corrected chi connectivity index (χ3v) is 3.40. The van der Waals surface area contributed by atoms with Crippen molar-refractivity contribution in [3.8, 4) is 11.8 Å². The Morgan fingerprint density at radius 2 is 2.15 bits per heavy atom. The molecular weight excluding hydrogens is 258 g/mol. The Kier molecular flexibility index (Phi) is 5.21. The normalized spacial score (nSPS) is 10.7. The summed E-state index contributed by atoms with van der Waals surface area (Å²) in [4.78, 5) is 10.9. The standard InChI is InChI=1S/C14H19N3O3/c1-3-14(4-2,17-13(18)19)9-20-12-7-5-6-11(16)10(12)8-15/h5-7,17H,3-4,9,16H2,1-2H3,(H,18,19). The van der Waals surface area contributed by atoms with Gasteiger partial charge >= 0.3 is 6.09 Å². The van der Waals surface area contributed by atoms with Crippen molar-refractivity contribution < 1.29 is 14.6 Å². The van der Waals surface area contributed by atoms with Gasteiger partial charge in [0.15, 0.2) is 0 Å². The minimum atomic E-state index is -1.09. The quantitative estimate of drug-likeness (QED) is 0.691. The van der Waals surface area contributed by atoms with Gasteiger partial charge in [-0.2, -0.15) is 5.26 Å². The summed E-state index contributed by atoms with van der Waals surface area (Å²) in [5, 5.41) is 20.5. The van der Waals surface area contributed by atoms with Crippen LogP contribution >= 0.6 is 0 Å². The lowest BCUT2D eigenvalue weighted by molar-refractivity contribution is 0.141. The van der Waals surface area contributed by atoms with Gasteiger partial charge in [-0.25, -0.2) is 4.79 Å². The molecule has 0 saturated heterocycles. The molecule has 0 aliphatic heterocycles. The maximum Gasteiger partial charge on any atom is 0.405 e. The topological polar surface area (TPSA) is 108 Å². The molecule has 0 bridgehead atoms. The van der Waals surface area contributed by atoms with Crippen LogP contribution in [0.3, 0.4) is 0 Å². The SMILES string of the molecule is CCC(CC)(COc1cccc(N)c1C#N)NC(=O)O. The molecule has 1 rings (SSSR count). The zero-order valence-corrected chi connectivity index (χ0v) is 11.6. The number of anilines is 1. The van der Waals surface area contributed by atoms with Gasteiger partial charge in [-0.3, -0.25) is 0 Å². The Morgan fingerprint density at radius 3 is 2.65 bits per heavy atom. The van der Waals surface area contributed by atoms with Crippen molar-refractivity contribution in [1.82, 2.24) is 5.32 Å². The van der Waals surface area contributed by atoms with E-state index in [9.17, 15) is 4.79 Å². The van der Waals surface area contributed by atoms with Gasteiger partial charge in [-0.1, -0.05) is 19.9 Å². The Bertz CT molecular complexity index is 519. The van der Waals surface area contributed by atoms with Gasteiger partial charge in [0.25, 0.3) is 0 Å². The number of hydrogen-bond donors (Lipinski definition) is 3. The Hall–Kier alpha value is -2.42. The molecule has 108 valence electrons. The van der Waals surface area contributed by atoms with E-state index in [0.717, 1.165) is 0 Å². The van der Waals surface area contributed by atoms with E-state index in [1.54, 1.807) is 18.2 Å². The fraction of sp³-hybridized carbons (Fsp3) is 0.429. The molecule has 1 aromatic carbocycles. The summed E-state index contributed by atoms with van der Waals surface area (Å²) in [6.07, 6.45) is 0.0744. The van der Waals surface area contributed by atoms with Crippen molar-refractivity contribution in [2.24, 2.45) is 0 Å². The number of nitrogen functional groups attached to an aromatic ring is 1. The molecule has 0 spiro atoms. The minimum Gasteiger partial charge on any atom is -0.490 e. The summed E-state index contributed by atoms with van der Waals surface area (Å²) in [6.45, 7) is 3.91. The number of nitrogens with two attached hydrogens (primary N) is 1. The van der Waals surface area contributed by atoms with Crippen LogP contribution in [0.25, 0.3) is 0 Å². The summed E-state index contributed by atoms with van der Waals surface area (Å²) in [7, 11) is 0. The predicted molar refractivity (Wildman–Crippen MR) is 75.5 cm³/mol. The molecule has 0 radical (unpaired) electrons. The summed E-state index contributed by atoms with van der Waals surface area (Å²) in [5.41, 5.74) is 5.64. The smallest absolute Gasteiger partial charge is 0.405 e. The van der Waals surface area contributed by atoms with Crippen LogP contribution in [0.15, 0.2) is 18.2 Å². The van der Waals surface area contributed by atoms with Crippen molar-refractivity contribution in [3.05, 3.63) is 23.8 Å². The third-order valence-electron chi connectivity index (χ3n) is 3.40. The highest BCUT2D eigenvalue weighted by molar-refractivity contribution is 5.65. The highest BCUT2D eigenvalue weighted by Crippen LogP contribution is 2.25. The molecule has 0 fully saturated rings. The van der Waals surface area contributed by atoms with E-state index in [1.165, 1.54) is 0 Å². The number of benzene rings is 1. The number of amides is 1. The van der Waals surface area contributed by atoms with Crippen molar-refractivity contribution in [2.45, 2.75) is 32.2 Å². The number of carbonyl (C=O) groups is 1. The van der Waals surface area contributed by atoms with Crippen LogP contribution in [0.4, 0.5) is 10.5 Å². The lowest BCUT2D eigenvalue weighted by atomic mass is 9.94. The van der Waals surface area contributed by atoms with Crippen LogP contribution in [0, 0.1) is 11.3 Å². The fourth-order valence-electron chi connectivity index (χ4n) is 1.90. The lowest BCUT2D eigenvalue weighted by Crippen LogP contribution is -2.51. The first-order valence-electron chi connectivity index (χ1n) is 6.40. The number of nitriles is 1. The zero-order valence-electron chi connectivity index (χ0n) is 11.6. The molecule has 1 amide bonds. The first-order chi connectivity index (χ1) is 9.48. The van der Waals surface area contributed by atoms with E-state index >= 15 is 0 Å². The second kappa shape index (κ2) is 6.66. The fourth-order valence-corrected chi connectivity index (χ4v) is 1.90. The number of ether oxygens (including phenoxy) is 1. The number of carboxylic acid groups (broad SMARTS) is 1.